The summed E-state index contributed by atoms with van der Waals surface area (Å²) in [6.45, 7) is 2.07. The van der Waals surface area contributed by atoms with E-state index in [0.29, 0.717) is 16.6 Å². The van der Waals surface area contributed by atoms with Crippen molar-refractivity contribution in [3.63, 3.8) is 0 Å². The summed E-state index contributed by atoms with van der Waals surface area (Å²) in [7, 11) is 1.80. The molecule has 0 radical (unpaired) electrons. The Bertz CT molecular complexity index is 1700. The number of hydrogen-bond donors (Lipinski definition) is 2. The minimum Gasteiger partial charge on any atom is -0.478 e. The summed E-state index contributed by atoms with van der Waals surface area (Å²) in [5, 5.41) is 17.2. The lowest BCUT2D eigenvalue weighted by Crippen LogP contribution is -2.27. The largest absolute Gasteiger partial charge is 0.478 e. The highest BCUT2D eigenvalue weighted by Crippen LogP contribution is 2.31. The molecule has 2 aromatic heterocycles. The second kappa shape index (κ2) is 10.4. The highest BCUT2D eigenvalue weighted by molar-refractivity contribution is 6.08. The van der Waals surface area contributed by atoms with E-state index >= 15 is 0 Å². The van der Waals surface area contributed by atoms with Gasteiger partial charge in [0.05, 0.1) is 33.9 Å². The van der Waals surface area contributed by atoms with Gasteiger partial charge in [-0.05, 0) is 66.6 Å². The third-order valence-corrected chi connectivity index (χ3v) is 6.86. The highest BCUT2D eigenvalue weighted by atomic mass is 19.4. The van der Waals surface area contributed by atoms with Gasteiger partial charge in [0.1, 0.15) is 0 Å². The molecule has 204 valence electrons. The molecule has 0 saturated carbocycles. The van der Waals surface area contributed by atoms with E-state index in [2.05, 4.69) is 10.4 Å². The maximum Gasteiger partial charge on any atom is 0.416 e. The van der Waals surface area contributed by atoms with Crippen molar-refractivity contribution in [3.05, 3.63) is 113 Å². The zero-order valence-corrected chi connectivity index (χ0v) is 21.6. The molecule has 0 saturated heterocycles. The Labute approximate surface area is 227 Å². The number of alkyl halides is 3. The first-order valence-electron chi connectivity index (χ1n) is 12.4. The fourth-order valence-electron chi connectivity index (χ4n) is 4.73. The van der Waals surface area contributed by atoms with Crippen molar-refractivity contribution in [2.45, 2.75) is 25.7 Å². The molecule has 2 heterocycles. The Morgan fingerprint density at radius 3 is 2.30 bits per heavy atom. The predicted molar refractivity (Wildman–Crippen MR) is 144 cm³/mol. The number of halogens is 3. The monoisotopic (exact) mass is 546 g/mol. The number of carboxylic acid groups (broad SMARTS) is 1. The average molecular weight is 547 g/mol. The van der Waals surface area contributed by atoms with E-state index in [1.165, 1.54) is 24.3 Å². The zero-order valence-electron chi connectivity index (χ0n) is 21.6. The van der Waals surface area contributed by atoms with Crippen LogP contribution in [0.25, 0.3) is 22.2 Å². The quantitative estimate of drug-likeness (QED) is 0.251. The number of carbonyl (C=O) groups excluding carboxylic acids is 1. The van der Waals surface area contributed by atoms with Crippen LogP contribution in [0.2, 0.25) is 0 Å². The number of rotatable bonds is 7. The SMILES string of the molecule is C[C@H](NC(=O)c1cc(-c2ccnn2C)cc2ccn(Cc3ccc(C(F)(F)F)cc3)c12)c1ccc(C(=O)O)cc1. The standard InChI is InChI=1S/C30H25F3N4O3/c1-18(20-5-7-21(8-6-20)29(39)40)35-28(38)25-16-23(26-11-13-34-36(26)2)15-22-12-14-37(27(22)25)17-19-3-9-24(10-4-19)30(31,32)33/h3-16,18H,17H2,1-2H3,(H,35,38)(H,39,40)/t18-/m0/s1. The first kappa shape index (κ1) is 26.7. The number of aromatic nitrogens is 3. The fourth-order valence-corrected chi connectivity index (χ4v) is 4.73. The summed E-state index contributed by atoms with van der Waals surface area (Å²) in [6, 6.07) is 18.2. The lowest BCUT2D eigenvalue weighted by atomic mass is 10.0. The summed E-state index contributed by atoms with van der Waals surface area (Å²) >= 11 is 0. The van der Waals surface area contributed by atoms with Gasteiger partial charge in [0, 0.05) is 36.9 Å². The van der Waals surface area contributed by atoms with Crippen LogP contribution in [0.5, 0.6) is 0 Å². The minimum atomic E-state index is -4.42. The van der Waals surface area contributed by atoms with Crippen molar-refractivity contribution in [2.24, 2.45) is 7.05 Å². The maximum absolute atomic E-state index is 13.7. The molecular formula is C30H25F3N4O3. The van der Waals surface area contributed by atoms with Gasteiger partial charge in [-0.1, -0.05) is 24.3 Å². The lowest BCUT2D eigenvalue weighted by molar-refractivity contribution is -0.137. The van der Waals surface area contributed by atoms with Gasteiger partial charge < -0.3 is 15.0 Å². The molecule has 3 aromatic carbocycles. The van der Waals surface area contributed by atoms with Crippen molar-refractivity contribution >= 4 is 22.8 Å². The van der Waals surface area contributed by atoms with Gasteiger partial charge in [-0.25, -0.2) is 4.79 Å². The number of benzene rings is 3. The second-order valence-corrected chi connectivity index (χ2v) is 9.56. The van der Waals surface area contributed by atoms with Crippen LogP contribution < -0.4 is 5.32 Å². The van der Waals surface area contributed by atoms with Gasteiger partial charge in [-0.3, -0.25) is 9.48 Å². The van der Waals surface area contributed by atoms with Crippen LogP contribution in [-0.4, -0.2) is 31.3 Å². The Morgan fingerprint density at radius 1 is 1.00 bits per heavy atom. The number of nitrogens with one attached hydrogen (secondary N) is 1. The normalized spacial score (nSPS) is 12.4. The molecule has 5 rings (SSSR count). The Morgan fingerprint density at radius 2 is 1.70 bits per heavy atom. The molecule has 10 heteroatoms. The molecule has 2 N–H and O–H groups in total. The number of hydrogen-bond acceptors (Lipinski definition) is 3. The minimum absolute atomic E-state index is 0.147. The molecule has 0 spiro atoms. The third kappa shape index (κ3) is 5.33. The number of carboxylic acids is 1. The van der Waals surface area contributed by atoms with Crippen LogP contribution in [0, 0.1) is 0 Å². The van der Waals surface area contributed by atoms with E-state index < -0.39 is 23.8 Å². The number of fused-ring (bicyclic) bond motifs is 1. The van der Waals surface area contributed by atoms with Gasteiger partial charge in [-0.2, -0.15) is 18.3 Å². The molecule has 0 fully saturated rings. The van der Waals surface area contributed by atoms with Gasteiger partial charge in [-0.15, -0.1) is 0 Å². The number of nitrogens with zero attached hydrogens (tertiary/aromatic N) is 3. The highest BCUT2D eigenvalue weighted by Gasteiger charge is 2.30. The Kier molecular flexibility index (Phi) is 6.93. The summed E-state index contributed by atoms with van der Waals surface area (Å²) in [5.74, 6) is -1.39. The maximum atomic E-state index is 13.7. The molecule has 7 nitrogen and oxygen atoms in total. The summed E-state index contributed by atoms with van der Waals surface area (Å²) in [4.78, 5) is 24.9. The van der Waals surface area contributed by atoms with E-state index in [-0.39, 0.29) is 18.0 Å². The van der Waals surface area contributed by atoms with Gasteiger partial charge in [0.25, 0.3) is 5.91 Å². The summed E-state index contributed by atoms with van der Waals surface area (Å²) < 4.78 is 42.6. The Hall–Kier alpha value is -4.86. The molecule has 1 amide bonds. The van der Waals surface area contributed by atoms with Crippen LogP contribution in [0.1, 0.15) is 50.4 Å². The molecular weight excluding hydrogens is 521 g/mol. The van der Waals surface area contributed by atoms with Crippen LogP contribution in [0.3, 0.4) is 0 Å². The molecule has 0 aliphatic heterocycles. The summed E-state index contributed by atoms with van der Waals surface area (Å²) in [6.07, 6.45) is -0.950. The van der Waals surface area contributed by atoms with Crippen LogP contribution in [-0.2, 0) is 19.8 Å². The predicted octanol–water partition coefficient (Wildman–Crippen LogP) is 6.30. The van der Waals surface area contributed by atoms with E-state index in [9.17, 15) is 22.8 Å². The smallest absolute Gasteiger partial charge is 0.416 e. The average Bonchev–Trinajstić information content (AvgIpc) is 3.53. The zero-order chi connectivity index (χ0) is 28.6. The summed E-state index contributed by atoms with van der Waals surface area (Å²) in [5.41, 5.74) is 3.43. The molecule has 0 aliphatic carbocycles. The van der Waals surface area contributed by atoms with Crippen molar-refractivity contribution in [1.82, 2.24) is 19.7 Å². The first-order chi connectivity index (χ1) is 19.0. The first-order valence-corrected chi connectivity index (χ1v) is 12.4. The van der Waals surface area contributed by atoms with E-state index in [4.69, 9.17) is 5.11 Å². The number of aryl methyl sites for hydroxylation is 1. The molecule has 0 unspecified atom stereocenters. The number of carbonyl (C=O) groups is 2. The molecule has 5 aromatic rings. The Balaban J connectivity index is 1.52. The van der Waals surface area contributed by atoms with Gasteiger partial charge >= 0.3 is 12.1 Å². The third-order valence-electron chi connectivity index (χ3n) is 6.86. The van der Waals surface area contributed by atoms with Crippen LogP contribution >= 0.6 is 0 Å². The molecule has 40 heavy (non-hydrogen) atoms. The molecule has 1 atom stereocenters. The van der Waals surface area contributed by atoms with Crippen LogP contribution in [0.4, 0.5) is 13.2 Å². The van der Waals surface area contributed by atoms with E-state index in [1.807, 2.05) is 22.8 Å². The topological polar surface area (TPSA) is 89.2 Å². The number of amides is 1. The van der Waals surface area contributed by atoms with Gasteiger partial charge in [0.15, 0.2) is 0 Å². The number of aromatic carboxylic acids is 1. The van der Waals surface area contributed by atoms with Crippen molar-refractivity contribution in [3.8, 4) is 11.3 Å². The fraction of sp³-hybridized carbons (Fsp3) is 0.167. The van der Waals surface area contributed by atoms with Crippen molar-refractivity contribution < 1.29 is 27.9 Å². The van der Waals surface area contributed by atoms with Crippen molar-refractivity contribution in [1.29, 1.82) is 0 Å². The van der Waals surface area contributed by atoms with E-state index in [0.717, 1.165) is 34.3 Å². The van der Waals surface area contributed by atoms with Crippen LogP contribution in [0.15, 0.2) is 85.2 Å². The second-order valence-electron chi connectivity index (χ2n) is 9.56. The molecule has 0 aliphatic rings. The van der Waals surface area contributed by atoms with Gasteiger partial charge in [0.2, 0.25) is 0 Å². The van der Waals surface area contributed by atoms with Crippen molar-refractivity contribution in [2.75, 3.05) is 0 Å². The molecule has 0 bridgehead atoms. The lowest BCUT2D eigenvalue weighted by Gasteiger charge is -2.17. The van der Waals surface area contributed by atoms with E-state index in [1.54, 1.807) is 49.2 Å².